The molecular weight excluding hydrogens is 226 g/mol. The second-order valence-electron chi connectivity index (χ2n) is 4.08. The lowest BCUT2D eigenvalue weighted by molar-refractivity contribution is 0.279. The molecule has 0 spiro atoms. The molecule has 4 nitrogen and oxygen atoms in total. The van der Waals surface area contributed by atoms with Crippen molar-refractivity contribution in [1.29, 1.82) is 0 Å². The molecule has 0 radical (unpaired) electrons. The third-order valence-electron chi connectivity index (χ3n) is 2.54. The predicted molar refractivity (Wildman–Crippen MR) is 72.0 cm³/mol. The van der Waals surface area contributed by atoms with Crippen LogP contribution in [-0.4, -0.2) is 12.3 Å². The van der Waals surface area contributed by atoms with Crippen LogP contribution in [0.1, 0.15) is 5.56 Å². The SMILES string of the molecule is Cc1ccc(N=Nc2ccc(N(C)O)cc2)cc1. The van der Waals surface area contributed by atoms with E-state index in [1.54, 1.807) is 31.3 Å². The first-order chi connectivity index (χ1) is 8.65. The quantitative estimate of drug-likeness (QED) is 0.645. The zero-order valence-corrected chi connectivity index (χ0v) is 10.4. The maximum absolute atomic E-state index is 9.23. The van der Waals surface area contributed by atoms with Gasteiger partial charge in [-0.15, -0.1) is 0 Å². The molecule has 0 amide bonds. The molecule has 0 aliphatic carbocycles. The maximum atomic E-state index is 9.23. The Labute approximate surface area is 106 Å². The van der Waals surface area contributed by atoms with Gasteiger partial charge in [0.15, 0.2) is 0 Å². The molecule has 4 heteroatoms. The number of aryl methyl sites for hydroxylation is 1. The van der Waals surface area contributed by atoms with Gasteiger partial charge in [-0.25, -0.2) is 0 Å². The molecular formula is C14H15N3O. The summed E-state index contributed by atoms with van der Waals surface area (Å²) in [6.45, 7) is 2.03. The summed E-state index contributed by atoms with van der Waals surface area (Å²) in [4.78, 5) is 0. The van der Waals surface area contributed by atoms with E-state index in [2.05, 4.69) is 10.2 Å². The predicted octanol–water partition coefficient (Wildman–Crippen LogP) is 4.24. The third-order valence-corrected chi connectivity index (χ3v) is 2.54. The highest BCUT2D eigenvalue weighted by Crippen LogP contribution is 2.21. The van der Waals surface area contributed by atoms with Gasteiger partial charge in [-0.2, -0.15) is 10.2 Å². The number of hydroxylamine groups is 1. The summed E-state index contributed by atoms with van der Waals surface area (Å²) in [5, 5.41) is 18.6. The minimum absolute atomic E-state index is 0.712. The lowest BCUT2D eigenvalue weighted by atomic mass is 10.2. The number of hydrogen-bond acceptors (Lipinski definition) is 4. The molecule has 0 unspecified atom stereocenters. The Morgan fingerprint density at radius 3 is 1.72 bits per heavy atom. The number of azo groups is 1. The monoisotopic (exact) mass is 241 g/mol. The van der Waals surface area contributed by atoms with Crippen molar-refractivity contribution in [1.82, 2.24) is 0 Å². The number of rotatable bonds is 3. The first kappa shape index (κ1) is 12.3. The van der Waals surface area contributed by atoms with Gasteiger partial charge in [-0.05, 0) is 43.3 Å². The van der Waals surface area contributed by atoms with E-state index in [4.69, 9.17) is 0 Å². The van der Waals surface area contributed by atoms with Crippen molar-refractivity contribution in [3.63, 3.8) is 0 Å². The van der Waals surface area contributed by atoms with Crippen molar-refractivity contribution in [2.24, 2.45) is 10.2 Å². The van der Waals surface area contributed by atoms with E-state index in [1.165, 1.54) is 5.56 Å². The van der Waals surface area contributed by atoms with Crippen LogP contribution in [0.2, 0.25) is 0 Å². The fraction of sp³-hybridized carbons (Fsp3) is 0.143. The zero-order chi connectivity index (χ0) is 13.0. The first-order valence-electron chi connectivity index (χ1n) is 5.66. The molecule has 0 aliphatic heterocycles. The van der Waals surface area contributed by atoms with Crippen LogP contribution in [0.3, 0.4) is 0 Å². The summed E-state index contributed by atoms with van der Waals surface area (Å²) in [5.74, 6) is 0. The molecule has 0 fully saturated rings. The van der Waals surface area contributed by atoms with E-state index in [9.17, 15) is 5.21 Å². The molecule has 2 rings (SSSR count). The molecule has 18 heavy (non-hydrogen) atoms. The van der Waals surface area contributed by atoms with E-state index in [1.807, 2.05) is 31.2 Å². The van der Waals surface area contributed by atoms with Crippen LogP contribution in [-0.2, 0) is 0 Å². The largest absolute Gasteiger partial charge is 0.289 e. The van der Waals surface area contributed by atoms with Gasteiger partial charge in [-0.1, -0.05) is 17.7 Å². The van der Waals surface area contributed by atoms with E-state index >= 15 is 0 Å². The van der Waals surface area contributed by atoms with Crippen LogP contribution >= 0.6 is 0 Å². The van der Waals surface area contributed by atoms with Gasteiger partial charge in [0.25, 0.3) is 0 Å². The Morgan fingerprint density at radius 2 is 1.28 bits per heavy atom. The van der Waals surface area contributed by atoms with Crippen molar-refractivity contribution in [2.45, 2.75) is 6.92 Å². The zero-order valence-electron chi connectivity index (χ0n) is 10.4. The number of nitrogens with zero attached hydrogens (tertiary/aromatic N) is 3. The first-order valence-corrected chi connectivity index (χ1v) is 5.66. The number of anilines is 1. The standard InChI is InChI=1S/C14H15N3O/c1-11-3-5-12(6-4-11)15-16-13-7-9-14(10-8-13)17(2)18/h3-10,18H,1-2H3. The summed E-state index contributed by atoms with van der Waals surface area (Å²) in [6.07, 6.45) is 0. The van der Waals surface area contributed by atoms with Gasteiger partial charge in [0, 0.05) is 7.05 Å². The Morgan fingerprint density at radius 1 is 0.833 bits per heavy atom. The van der Waals surface area contributed by atoms with Crippen LogP contribution in [0.15, 0.2) is 58.8 Å². The van der Waals surface area contributed by atoms with Gasteiger partial charge in [0.2, 0.25) is 0 Å². The minimum atomic E-state index is 0.712. The van der Waals surface area contributed by atoms with Crippen LogP contribution in [0.4, 0.5) is 17.1 Å². The lowest BCUT2D eigenvalue weighted by Crippen LogP contribution is -2.08. The minimum Gasteiger partial charge on any atom is -0.289 e. The molecule has 0 atom stereocenters. The normalized spacial score (nSPS) is 10.8. The van der Waals surface area contributed by atoms with Crippen LogP contribution in [0, 0.1) is 6.92 Å². The maximum Gasteiger partial charge on any atom is 0.0858 e. The summed E-state index contributed by atoms with van der Waals surface area (Å²) in [7, 11) is 1.57. The molecule has 2 aromatic carbocycles. The lowest BCUT2D eigenvalue weighted by Gasteiger charge is -2.09. The molecule has 0 aromatic heterocycles. The van der Waals surface area contributed by atoms with Gasteiger partial charge in [-0.3, -0.25) is 10.3 Å². The highest BCUT2D eigenvalue weighted by atomic mass is 16.5. The van der Waals surface area contributed by atoms with Gasteiger partial charge in [0.1, 0.15) is 0 Å². The van der Waals surface area contributed by atoms with Crippen LogP contribution in [0.25, 0.3) is 0 Å². The van der Waals surface area contributed by atoms with Crippen LogP contribution in [0.5, 0.6) is 0 Å². The smallest absolute Gasteiger partial charge is 0.0858 e. The van der Waals surface area contributed by atoms with Crippen molar-refractivity contribution < 1.29 is 5.21 Å². The fourth-order valence-corrected chi connectivity index (χ4v) is 1.46. The molecule has 0 saturated carbocycles. The van der Waals surface area contributed by atoms with E-state index < -0.39 is 0 Å². The Hall–Kier alpha value is -2.20. The second kappa shape index (κ2) is 5.42. The van der Waals surface area contributed by atoms with Crippen molar-refractivity contribution in [2.75, 3.05) is 12.1 Å². The molecule has 92 valence electrons. The van der Waals surface area contributed by atoms with E-state index in [-0.39, 0.29) is 0 Å². The average molecular weight is 241 g/mol. The highest BCUT2D eigenvalue weighted by molar-refractivity contribution is 5.50. The summed E-state index contributed by atoms with van der Waals surface area (Å²) in [6, 6.07) is 15.0. The summed E-state index contributed by atoms with van der Waals surface area (Å²) < 4.78 is 0. The van der Waals surface area contributed by atoms with Crippen LogP contribution < -0.4 is 5.06 Å². The van der Waals surface area contributed by atoms with E-state index in [0.717, 1.165) is 16.4 Å². The Kier molecular flexibility index (Phi) is 3.69. The highest BCUT2D eigenvalue weighted by Gasteiger charge is 1.96. The Bertz CT molecular complexity index is 530. The number of hydrogen-bond donors (Lipinski definition) is 1. The third kappa shape index (κ3) is 3.15. The van der Waals surface area contributed by atoms with Crippen molar-refractivity contribution in [3.05, 3.63) is 54.1 Å². The fourth-order valence-electron chi connectivity index (χ4n) is 1.46. The van der Waals surface area contributed by atoms with Gasteiger partial charge >= 0.3 is 0 Å². The Balaban J connectivity index is 2.11. The van der Waals surface area contributed by atoms with E-state index in [0.29, 0.717) is 5.69 Å². The molecule has 1 N–H and O–H groups in total. The molecule has 0 bridgehead atoms. The average Bonchev–Trinajstić information content (AvgIpc) is 2.38. The summed E-state index contributed by atoms with van der Waals surface area (Å²) in [5.41, 5.74) is 3.48. The topological polar surface area (TPSA) is 48.2 Å². The van der Waals surface area contributed by atoms with Gasteiger partial charge < -0.3 is 0 Å². The van der Waals surface area contributed by atoms with Crippen molar-refractivity contribution in [3.8, 4) is 0 Å². The van der Waals surface area contributed by atoms with Crippen molar-refractivity contribution >= 4 is 17.1 Å². The molecule has 0 heterocycles. The second-order valence-corrected chi connectivity index (χ2v) is 4.08. The molecule has 2 aromatic rings. The summed E-state index contributed by atoms with van der Waals surface area (Å²) >= 11 is 0. The molecule has 0 saturated heterocycles. The molecule has 0 aliphatic rings. The van der Waals surface area contributed by atoms with Gasteiger partial charge in [0.05, 0.1) is 17.1 Å². The number of benzene rings is 2.